The maximum absolute atomic E-state index is 12.5. The molecule has 1 unspecified atom stereocenters. The van der Waals surface area contributed by atoms with E-state index in [0.29, 0.717) is 0 Å². The van der Waals surface area contributed by atoms with Crippen molar-refractivity contribution in [3.8, 4) is 0 Å². The predicted molar refractivity (Wildman–Crippen MR) is 60.7 cm³/mol. The van der Waals surface area contributed by atoms with Crippen molar-refractivity contribution in [2.24, 2.45) is 0 Å². The largest absolute Gasteiger partial charge is 0.320 e. The number of amides is 1. The summed E-state index contributed by atoms with van der Waals surface area (Å²) in [5.41, 5.74) is -0.519. The highest BCUT2D eigenvalue weighted by atomic mass is 19.3. The summed E-state index contributed by atoms with van der Waals surface area (Å²) in [7, 11) is 0. The number of hydrogen-bond donors (Lipinski definition) is 1. The molecule has 5 heteroatoms. The number of nitrogens with zero attached hydrogens (tertiary/aromatic N) is 1. The van der Waals surface area contributed by atoms with Gasteiger partial charge >= 0.3 is 0 Å². The minimum Gasteiger partial charge on any atom is -0.320 e. The second-order valence-electron chi connectivity index (χ2n) is 5.09. The topological polar surface area (TPSA) is 32.3 Å². The summed E-state index contributed by atoms with van der Waals surface area (Å²) in [4.78, 5) is 13.6. The molecule has 2 fully saturated rings. The van der Waals surface area contributed by atoms with E-state index in [-0.39, 0.29) is 12.1 Å². The minimum atomic E-state index is -2.45. The minimum absolute atomic E-state index is 0.103. The van der Waals surface area contributed by atoms with Crippen LogP contribution in [0, 0.1) is 0 Å². The molecular formula is C12H20F2N2O. The van der Waals surface area contributed by atoms with Crippen molar-refractivity contribution in [3.63, 3.8) is 0 Å². The van der Waals surface area contributed by atoms with Crippen LogP contribution in [0.2, 0.25) is 0 Å². The monoisotopic (exact) mass is 246 g/mol. The van der Waals surface area contributed by atoms with Gasteiger partial charge in [-0.25, -0.2) is 8.78 Å². The molecule has 3 nitrogen and oxygen atoms in total. The van der Waals surface area contributed by atoms with E-state index in [2.05, 4.69) is 5.32 Å². The van der Waals surface area contributed by atoms with E-state index in [9.17, 15) is 13.6 Å². The fourth-order valence-electron chi connectivity index (χ4n) is 3.07. The first-order valence-electron chi connectivity index (χ1n) is 6.46. The van der Waals surface area contributed by atoms with Crippen LogP contribution in [0.3, 0.4) is 0 Å². The summed E-state index contributed by atoms with van der Waals surface area (Å²) in [5, 5.41) is 3.32. The van der Waals surface area contributed by atoms with E-state index in [1.807, 2.05) is 6.92 Å². The van der Waals surface area contributed by atoms with Crippen molar-refractivity contribution < 1.29 is 13.6 Å². The molecule has 1 saturated carbocycles. The van der Waals surface area contributed by atoms with E-state index in [1.165, 1.54) is 4.90 Å². The standard InChI is InChI=1S/C12H20F2N2O/c1-2-5-10-15-12(6-3-4-7-12)11(17)16(10)8-9(13)14/h9-10,15H,2-8H2,1H3. The summed E-state index contributed by atoms with van der Waals surface area (Å²) in [6.07, 6.45) is 2.62. The second-order valence-corrected chi connectivity index (χ2v) is 5.09. The van der Waals surface area contributed by atoms with Crippen LogP contribution in [0.5, 0.6) is 0 Å². The van der Waals surface area contributed by atoms with Crippen molar-refractivity contribution >= 4 is 5.91 Å². The van der Waals surface area contributed by atoms with Crippen molar-refractivity contribution in [2.45, 2.75) is 63.6 Å². The first-order chi connectivity index (χ1) is 8.09. The number of alkyl halides is 2. The maximum atomic E-state index is 12.5. The number of halogens is 2. The summed E-state index contributed by atoms with van der Waals surface area (Å²) < 4.78 is 25.1. The third kappa shape index (κ3) is 2.30. The smallest absolute Gasteiger partial charge is 0.255 e. The molecule has 2 aliphatic rings. The van der Waals surface area contributed by atoms with Crippen LogP contribution in [0.1, 0.15) is 45.4 Å². The quantitative estimate of drug-likeness (QED) is 0.824. The molecule has 0 aromatic carbocycles. The molecule has 1 heterocycles. The first-order valence-corrected chi connectivity index (χ1v) is 6.46. The van der Waals surface area contributed by atoms with Crippen molar-refractivity contribution in [2.75, 3.05) is 6.54 Å². The molecule has 1 atom stereocenters. The Morgan fingerprint density at radius 3 is 2.65 bits per heavy atom. The maximum Gasteiger partial charge on any atom is 0.255 e. The highest BCUT2D eigenvalue weighted by molar-refractivity contribution is 5.89. The SMILES string of the molecule is CCCC1NC2(CCCC2)C(=O)N1CC(F)F. The number of carbonyl (C=O) groups is 1. The van der Waals surface area contributed by atoms with Crippen LogP contribution in [-0.4, -0.2) is 35.5 Å². The van der Waals surface area contributed by atoms with Crippen LogP contribution in [0.15, 0.2) is 0 Å². The third-order valence-electron chi connectivity index (χ3n) is 3.84. The molecule has 0 aromatic heterocycles. The molecule has 98 valence electrons. The lowest BCUT2D eigenvalue weighted by molar-refractivity contribution is -0.135. The lowest BCUT2D eigenvalue weighted by Gasteiger charge is -2.23. The number of carbonyl (C=O) groups excluding carboxylic acids is 1. The van der Waals surface area contributed by atoms with Gasteiger partial charge in [0.2, 0.25) is 5.91 Å². The Hall–Kier alpha value is -0.710. The van der Waals surface area contributed by atoms with Crippen LogP contribution in [0.4, 0.5) is 8.78 Å². The summed E-state index contributed by atoms with van der Waals surface area (Å²) in [5.74, 6) is -0.103. The average molecular weight is 246 g/mol. The fraction of sp³-hybridized carbons (Fsp3) is 0.917. The van der Waals surface area contributed by atoms with Gasteiger partial charge in [-0.1, -0.05) is 26.2 Å². The molecule has 1 N–H and O–H groups in total. The molecule has 1 spiro atoms. The van der Waals surface area contributed by atoms with Crippen LogP contribution in [0.25, 0.3) is 0 Å². The van der Waals surface area contributed by atoms with E-state index < -0.39 is 18.5 Å². The zero-order valence-electron chi connectivity index (χ0n) is 10.2. The normalized spacial score (nSPS) is 27.6. The molecule has 1 saturated heterocycles. The molecule has 2 rings (SSSR count). The van der Waals surface area contributed by atoms with E-state index in [0.717, 1.165) is 38.5 Å². The molecule has 1 amide bonds. The Bertz CT molecular complexity index is 290. The van der Waals surface area contributed by atoms with Crippen LogP contribution < -0.4 is 5.32 Å². The Morgan fingerprint density at radius 1 is 1.47 bits per heavy atom. The highest BCUT2D eigenvalue weighted by Gasteiger charge is 2.52. The Morgan fingerprint density at radius 2 is 2.12 bits per heavy atom. The van der Waals surface area contributed by atoms with E-state index >= 15 is 0 Å². The Kier molecular flexibility index (Phi) is 3.66. The number of rotatable bonds is 4. The first kappa shape index (κ1) is 12.7. The van der Waals surface area contributed by atoms with E-state index in [1.54, 1.807) is 0 Å². The molecule has 1 aliphatic carbocycles. The summed E-state index contributed by atoms with van der Waals surface area (Å²) in [6, 6.07) is 0. The summed E-state index contributed by atoms with van der Waals surface area (Å²) >= 11 is 0. The third-order valence-corrected chi connectivity index (χ3v) is 3.84. The highest BCUT2D eigenvalue weighted by Crippen LogP contribution is 2.37. The van der Waals surface area contributed by atoms with Gasteiger partial charge in [-0.3, -0.25) is 10.1 Å². The lowest BCUT2D eigenvalue weighted by atomic mass is 9.98. The van der Waals surface area contributed by atoms with Crippen molar-refractivity contribution in [1.29, 1.82) is 0 Å². The molecule has 0 aromatic rings. The molecule has 0 bridgehead atoms. The lowest BCUT2D eigenvalue weighted by Crippen LogP contribution is -2.44. The van der Waals surface area contributed by atoms with Gasteiger partial charge in [0.05, 0.1) is 18.2 Å². The van der Waals surface area contributed by atoms with Gasteiger partial charge in [0, 0.05) is 0 Å². The van der Waals surface area contributed by atoms with Gasteiger partial charge in [0.15, 0.2) is 0 Å². The second kappa shape index (κ2) is 4.88. The fourth-order valence-corrected chi connectivity index (χ4v) is 3.07. The van der Waals surface area contributed by atoms with Crippen LogP contribution in [-0.2, 0) is 4.79 Å². The molecular weight excluding hydrogens is 226 g/mol. The van der Waals surface area contributed by atoms with Crippen molar-refractivity contribution in [3.05, 3.63) is 0 Å². The predicted octanol–water partition coefficient (Wildman–Crippen LogP) is 2.12. The van der Waals surface area contributed by atoms with Gasteiger partial charge in [-0.2, -0.15) is 0 Å². The van der Waals surface area contributed by atoms with Gasteiger partial charge in [0.25, 0.3) is 6.43 Å². The van der Waals surface area contributed by atoms with Crippen molar-refractivity contribution in [1.82, 2.24) is 10.2 Å². The van der Waals surface area contributed by atoms with Gasteiger partial charge in [-0.05, 0) is 19.3 Å². The zero-order chi connectivity index (χ0) is 12.5. The van der Waals surface area contributed by atoms with Gasteiger partial charge in [0.1, 0.15) is 0 Å². The number of hydrogen-bond acceptors (Lipinski definition) is 2. The molecule has 17 heavy (non-hydrogen) atoms. The van der Waals surface area contributed by atoms with Crippen LogP contribution >= 0.6 is 0 Å². The Labute approximate surface area is 101 Å². The van der Waals surface area contributed by atoms with E-state index in [4.69, 9.17) is 0 Å². The molecule has 0 radical (unpaired) electrons. The molecule has 1 aliphatic heterocycles. The average Bonchev–Trinajstić information content (AvgIpc) is 2.82. The zero-order valence-corrected chi connectivity index (χ0v) is 10.2. The van der Waals surface area contributed by atoms with Gasteiger partial charge < -0.3 is 4.90 Å². The number of nitrogens with one attached hydrogen (secondary N) is 1. The Balaban J connectivity index is 2.13. The van der Waals surface area contributed by atoms with Gasteiger partial charge in [-0.15, -0.1) is 0 Å². The summed E-state index contributed by atoms with van der Waals surface area (Å²) in [6.45, 7) is 1.57.